The van der Waals surface area contributed by atoms with E-state index in [4.69, 9.17) is 10.5 Å². The Morgan fingerprint density at radius 1 is 1.45 bits per heavy atom. The van der Waals surface area contributed by atoms with Crippen molar-refractivity contribution in [1.82, 2.24) is 4.90 Å². The number of piperidine rings is 1. The SMILES string of the molecule is CCOC1CCN(Cc2cc([N+](=O)[O-])ccc2N)CC1. The molecule has 0 bridgehead atoms. The number of non-ortho nitro benzene ring substituents is 1. The number of hydrogen-bond donors (Lipinski definition) is 1. The maximum absolute atomic E-state index is 10.8. The second-order valence-electron chi connectivity index (χ2n) is 5.07. The van der Waals surface area contributed by atoms with E-state index in [9.17, 15) is 10.1 Å². The summed E-state index contributed by atoms with van der Waals surface area (Å²) < 4.78 is 5.61. The Morgan fingerprint density at radius 3 is 2.75 bits per heavy atom. The molecule has 0 spiro atoms. The third kappa shape index (κ3) is 3.68. The molecule has 1 aliphatic heterocycles. The third-order valence-corrected chi connectivity index (χ3v) is 3.67. The highest BCUT2D eigenvalue weighted by Gasteiger charge is 2.20. The molecule has 6 heteroatoms. The van der Waals surface area contributed by atoms with Gasteiger partial charge in [0.25, 0.3) is 5.69 Å². The summed E-state index contributed by atoms with van der Waals surface area (Å²) in [5, 5.41) is 10.8. The van der Waals surface area contributed by atoms with Crippen molar-refractivity contribution in [3.05, 3.63) is 33.9 Å². The predicted molar refractivity (Wildman–Crippen MR) is 77.4 cm³/mol. The van der Waals surface area contributed by atoms with E-state index in [0.29, 0.717) is 18.3 Å². The highest BCUT2D eigenvalue weighted by Crippen LogP contribution is 2.23. The van der Waals surface area contributed by atoms with Crippen molar-refractivity contribution in [3.63, 3.8) is 0 Å². The van der Waals surface area contributed by atoms with E-state index in [0.717, 1.165) is 38.1 Å². The molecule has 20 heavy (non-hydrogen) atoms. The van der Waals surface area contributed by atoms with E-state index >= 15 is 0 Å². The molecule has 1 saturated heterocycles. The van der Waals surface area contributed by atoms with Gasteiger partial charge in [0, 0.05) is 44.1 Å². The summed E-state index contributed by atoms with van der Waals surface area (Å²) in [7, 11) is 0. The molecule has 1 aromatic rings. The average Bonchev–Trinajstić information content (AvgIpc) is 2.43. The van der Waals surface area contributed by atoms with Crippen molar-refractivity contribution in [2.45, 2.75) is 32.4 Å². The molecular weight excluding hydrogens is 258 g/mol. The van der Waals surface area contributed by atoms with Gasteiger partial charge >= 0.3 is 0 Å². The monoisotopic (exact) mass is 279 g/mol. The van der Waals surface area contributed by atoms with Gasteiger partial charge in [-0.3, -0.25) is 15.0 Å². The Morgan fingerprint density at radius 2 is 2.15 bits per heavy atom. The van der Waals surface area contributed by atoms with Crippen LogP contribution in [0.5, 0.6) is 0 Å². The Hall–Kier alpha value is -1.66. The fourth-order valence-corrected chi connectivity index (χ4v) is 2.55. The van der Waals surface area contributed by atoms with E-state index in [1.807, 2.05) is 6.92 Å². The fraction of sp³-hybridized carbons (Fsp3) is 0.571. The van der Waals surface area contributed by atoms with Crippen LogP contribution in [-0.2, 0) is 11.3 Å². The van der Waals surface area contributed by atoms with Crippen LogP contribution in [0.3, 0.4) is 0 Å². The number of nitrogens with two attached hydrogens (primary N) is 1. The summed E-state index contributed by atoms with van der Waals surface area (Å²) in [5.74, 6) is 0. The molecule has 1 aliphatic rings. The molecule has 0 radical (unpaired) electrons. The zero-order valence-electron chi connectivity index (χ0n) is 11.7. The van der Waals surface area contributed by atoms with Gasteiger partial charge in [-0.1, -0.05) is 0 Å². The summed E-state index contributed by atoms with van der Waals surface area (Å²) in [6.07, 6.45) is 2.35. The summed E-state index contributed by atoms with van der Waals surface area (Å²) in [6.45, 7) is 5.30. The number of likely N-dealkylation sites (tertiary alicyclic amines) is 1. The molecule has 1 aromatic carbocycles. The molecule has 1 fully saturated rings. The highest BCUT2D eigenvalue weighted by atomic mass is 16.6. The zero-order chi connectivity index (χ0) is 14.5. The lowest BCUT2D eigenvalue weighted by Crippen LogP contribution is -2.36. The Labute approximate surface area is 118 Å². The minimum absolute atomic E-state index is 0.0957. The van der Waals surface area contributed by atoms with Gasteiger partial charge in [-0.15, -0.1) is 0 Å². The predicted octanol–water partition coefficient (Wildman–Crippen LogP) is 2.18. The number of anilines is 1. The summed E-state index contributed by atoms with van der Waals surface area (Å²) in [4.78, 5) is 12.7. The maximum atomic E-state index is 10.8. The molecule has 110 valence electrons. The van der Waals surface area contributed by atoms with Gasteiger partial charge in [0.05, 0.1) is 11.0 Å². The van der Waals surface area contributed by atoms with Crippen molar-refractivity contribution in [1.29, 1.82) is 0 Å². The van der Waals surface area contributed by atoms with Crippen LogP contribution in [0.4, 0.5) is 11.4 Å². The van der Waals surface area contributed by atoms with Gasteiger partial charge in [0.2, 0.25) is 0 Å². The Bertz CT molecular complexity index is 471. The highest BCUT2D eigenvalue weighted by molar-refractivity contribution is 5.52. The van der Waals surface area contributed by atoms with Crippen LogP contribution < -0.4 is 5.73 Å². The Kier molecular flexibility index (Phi) is 4.92. The van der Waals surface area contributed by atoms with Crippen molar-refractivity contribution in [2.24, 2.45) is 0 Å². The minimum Gasteiger partial charge on any atom is -0.398 e. The second-order valence-corrected chi connectivity index (χ2v) is 5.07. The van der Waals surface area contributed by atoms with Crippen LogP contribution in [0, 0.1) is 10.1 Å². The number of ether oxygens (including phenoxy) is 1. The topological polar surface area (TPSA) is 81.6 Å². The first-order valence-corrected chi connectivity index (χ1v) is 6.97. The minimum atomic E-state index is -0.385. The van der Waals surface area contributed by atoms with Crippen molar-refractivity contribution < 1.29 is 9.66 Å². The Balaban J connectivity index is 1.97. The molecule has 0 aliphatic carbocycles. The van der Waals surface area contributed by atoms with Gasteiger partial charge < -0.3 is 10.5 Å². The first kappa shape index (κ1) is 14.7. The van der Waals surface area contributed by atoms with Gasteiger partial charge in [-0.05, 0) is 31.4 Å². The van der Waals surface area contributed by atoms with Crippen LogP contribution in [0.1, 0.15) is 25.3 Å². The molecule has 0 aromatic heterocycles. The van der Waals surface area contributed by atoms with Crippen LogP contribution >= 0.6 is 0 Å². The van der Waals surface area contributed by atoms with Gasteiger partial charge in [-0.25, -0.2) is 0 Å². The van der Waals surface area contributed by atoms with Crippen LogP contribution in [0.2, 0.25) is 0 Å². The molecule has 2 N–H and O–H groups in total. The number of nitro groups is 1. The summed E-state index contributed by atoms with van der Waals surface area (Å²) in [6, 6.07) is 4.63. The lowest BCUT2D eigenvalue weighted by atomic mass is 10.1. The molecular formula is C14H21N3O3. The van der Waals surface area contributed by atoms with Gasteiger partial charge in [0.15, 0.2) is 0 Å². The van der Waals surface area contributed by atoms with E-state index in [-0.39, 0.29) is 10.6 Å². The number of nitrogens with zero attached hydrogens (tertiary/aromatic N) is 2. The molecule has 1 heterocycles. The van der Waals surface area contributed by atoms with Gasteiger partial charge in [-0.2, -0.15) is 0 Å². The lowest BCUT2D eigenvalue weighted by Gasteiger charge is -2.31. The van der Waals surface area contributed by atoms with Gasteiger partial charge in [0.1, 0.15) is 0 Å². The molecule has 0 amide bonds. The van der Waals surface area contributed by atoms with Crippen molar-refractivity contribution >= 4 is 11.4 Å². The summed E-state index contributed by atoms with van der Waals surface area (Å²) in [5.41, 5.74) is 7.44. The molecule has 0 saturated carbocycles. The number of rotatable bonds is 5. The lowest BCUT2D eigenvalue weighted by molar-refractivity contribution is -0.384. The third-order valence-electron chi connectivity index (χ3n) is 3.67. The zero-order valence-corrected chi connectivity index (χ0v) is 11.7. The van der Waals surface area contributed by atoms with E-state index in [1.54, 1.807) is 12.1 Å². The number of nitrogen functional groups attached to an aromatic ring is 1. The summed E-state index contributed by atoms with van der Waals surface area (Å²) >= 11 is 0. The van der Waals surface area contributed by atoms with Crippen molar-refractivity contribution in [3.8, 4) is 0 Å². The molecule has 0 unspecified atom stereocenters. The fourth-order valence-electron chi connectivity index (χ4n) is 2.55. The molecule has 0 atom stereocenters. The van der Waals surface area contributed by atoms with E-state index in [1.165, 1.54) is 6.07 Å². The standard InChI is InChI=1S/C14H21N3O3/c1-2-20-13-5-7-16(8-6-13)10-11-9-12(17(18)19)3-4-14(11)15/h3-4,9,13H,2,5-8,10,15H2,1H3. The first-order valence-electron chi connectivity index (χ1n) is 6.97. The first-order chi connectivity index (χ1) is 9.60. The number of nitro benzene ring substituents is 1. The average molecular weight is 279 g/mol. The smallest absolute Gasteiger partial charge is 0.269 e. The van der Waals surface area contributed by atoms with E-state index < -0.39 is 0 Å². The molecule has 6 nitrogen and oxygen atoms in total. The number of hydrogen-bond acceptors (Lipinski definition) is 5. The van der Waals surface area contributed by atoms with E-state index in [2.05, 4.69) is 4.90 Å². The van der Waals surface area contributed by atoms with Crippen LogP contribution in [-0.4, -0.2) is 35.6 Å². The van der Waals surface area contributed by atoms with Crippen molar-refractivity contribution in [2.75, 3.05) is 25.4 Å². The number of benzene rings is 1. The quantitative estimate of drug-likeness (QED) is 0.507. The maximum Gasteiger partial charge on any atom is 0.269 e. The van der Waals surface area contributed by atoms with Crippen LogP contribution in [0.25, 0.3) is 0 Å². The van der Waals surface area contributed by atoms with Crippen LogP contribution in [0.15, 0.2) is 18.2 Å². The molecule has 2 rings (SSSR count). The normalized spacial score (nSPS) is 17.2. The second kappa shape index (κ2) is 6.67. The largest absolute Gasteiger partial charge is 0.398 e.